The molecular weight excluding hydrogens is 338 g/mol. The van der Waals surface area contributed by atoms with E-state index < -0.39 is 5.63 Å². The van der Waals surface area contributed by atoms with Crippen LogP contribution in [0.25, 0.3) is 11.0 Å². The molecule has 0 radical (unpaired) electrons. The third-order valence-electron chi connectivity index (χ3n) is 4.20. The van der Waals surface area contributed by atoms with Gasteiger partial charge in [-0.1, -0.05) is 0 Å². The second-order valence-corrected chi connectivity index (χ2v) is 5.71. The van der Waals surface area contributed by atoms with Gasteiger partial charge in [-0.25, -0.2) is 4.79 Å². The van der Waals surface area contributed by atoms with Crippen molar-refractivity contribution in [3.63, 3.8) is 0 Å². The summed E-state index contributed by atoms with van der Waals surface area (Å²) in [5, 5.41) is 4.07. The summed E-state index contributed by atoms with van der Waals surface area (Å²) in [7, 11) is 3.19. The summed E-state index contributed by atoms with van der Waals surface area (Å²) < 4.78 is 26.6. The molecule has 7 nitrogen and oxygen atoms in total. The second-order valence-electron chi connectivity index (χ2n) is 5.71. The van der Waals surface area contributed by atoms with E-state index in [2.05, 4.69) is 5.32 Å². The molecule has 0 saturated heterocycles. The van der Waals surface area contributed by atoms with Gasteiger partial charge in [0.1, 0.15) is 17.1 Å². The molecule has 0 saturated carbocycles. The SMILES string of the molecule is COc1ccc(NCc2cc(=O)oc3cc4c(cc23)OCO4)c(OC)c1. The van der Waals surface area contributed by atoms with Crippen molar-refractivity contribution in [2.75, 3.05) is 26.3 Å². The molecule has 0 fully saturated rings. The van der Waals surface area contributed by atoms with Gasteiger partial charge >= 0.3 is 5.63 Å². The third-order valence-corrected chi connectivity index (χ3v) is 4.20. The Morgan fingerprint density at radius 2 is 1.85 bits per heavy atom. The van der Waals surface area contributed by atoms with Gasteiger partial charge in [0.15, 0.2) is 11.5 Å². The maximum absolute atomic E-state index is 11.9. The minimum absolute atomic E-state index is 0.159. The minimum atomic E-state index is -0.421. The Hall–Kier alpha value is -3.35. The zero-order chi connectivity index (χ0) is 18.1. The Kier molecular flexibility index (Phi) is 4.04. The highest BCUT2D eigenvalue weighted by Crippen LogP contribution is 2.37. The molecule has 0 unspecified atom stereocenters. The summed E-state index contributed by atoms with van der Waals surface area (Å²) in [5.41, 5.74) is 1.61. The Bertz CT molecular complexity index is 1030. The van der Waals surface area contributed by atoms with Crippen molar-refractivity contribution in [2.24, 2.45) is 0 Å². The molecule has 0 bridgehead atoms. The summed E-state index contributed by atoms with van der Waals surface area (Å²) in [6, 6.07) is 10.4. The molecule has 2 heterocycles. The molecule has 0 aliphatic carbocycles. The minimum Gasteiger partial charge on any atom is -0.497 e. The summed E-state index contributed by atoms with van der Waals surface area (Å²) in [6.45, 7) is 0.566. The molecule has 4 rings (SSSR count). The lowest BCUT2D eigenvalue weighted by atomic mass is 10.1. The smallest absolute Gasteiger partial charge is 0.336 e. The van der Waals surface area contributed by atoms with Crippen LogP contribution in [0.2, 0.25) is 0 Å². The third kappa shape index (κ3) is 2.88. The lowest BCUT2D eigenvalue weighted by molar-refractivity contribution is 0.174. The van der Waals surface area contributed by atoms with E-state index in [1.54, 1.807) is 26.4 Å². The van der Waals surface area contributed by atoms with Gasteiger partial charge in [-0.05, 0) is 23.8 Å². The van der Waals surface area contributed by atoms with Crippen molar-refractivity contribution < 1.29 is 23.4 Å². The van der Waals surface area contributed by atoms with E-state index >= 15 is 0 Å². The Labute approximate surface area is 149 Å². The number of ether oxygens (including phenoxy) is 4. The van der Waals surface area contributed by atoms with Gasteiger partial charge in [0.25, 0.3) is 0 Å². The summed E-state index contributed by atoms with van der Waals surface area (Å²) in [4.78, 5) is 11.9. The predicted molar refractivity (Wildman–Crippen MR) is 95.5 cm³/mol. The van der Waals surface area contributed by atoms with Gasteiger partial charge in [-0.3, -0.25) is 0 Å². The van der Waals surface area contributed by atoms with E-state index in [1.165, 1.54) is 6.07 Å². The monoisotopic (exact) mass is 355 g/mol. The van der Waals surface area contributed by atoms with E-state index in [9.17, 15) is 4.79 Å². The molecule has 0 atom stereocenters. The van der Waals surface area contributed by atoms with Crippen molar-refractivity contribution in [1.29, 1.82) is 0 Å². The molecule has 0 spiro atoms. The van der Waals surface area contributed by atoms with Crippen LogP contribution in [0.15, 0.2) is 45.6 Å². The molecule has 1 aliphatic heterocycles. The summed E-state index contributed by atoms with van der Waals surface area (Å²) in [5.74, 6) is 2.55. The van der Waals surface area contributed by atoms with Crippen LogP contribution < -0.4 is 29.9 Å². The average Bonchev–Trinajstić information content (AvgIpc) is 3.11. The fraction of sp³-hybridized carbons (Fsp3) is 0.211. The topological polar surface area (TPSA) is 79.2 Å². The maximum Gasteiger partial charge on any atom is 0.336 e. The van der Waals surface area contributed by atoms with Crippen molar-refractivity contribution >= 4 is 16.7 Å². The fourth-order valence-electron chi connectivity index (χ4n) is 2.90. The molecule has 2 aromatic carbocycles. The number of hydrogen-bond acceptors (Lipinski definition) is 7. The van der Waals surface area contributed by atoms with Gasteiger partial charge in [0.05, 0.1) is 19.9 Å². The molecule has 134 valence electrons. The molecule has 1 aromatic heterocycles. The van der Waals surface area contributed by atoms with Crippen LogP contribution in [0.4, 0.5) is 5.69 Å². The van der Waals surface area contributed by atoms with Crippen molar-refractivity contribution in [3.05, 3.63) is 52.4 Å². The number of hydrogen-bond donors (Lipinski definition) is 1. The molecule has 1 N–H and O–H groups in total. The van der Waals surface area contributed by atoms with Crippen molar-refractivity contribution in [1.82, 2.24) is 0 Å². The summed E-state index contributed by atoms with van der Waals surface area (Å²) in [6.07, 6.45) is 0. The number of benzene rings is 2. The lowest BCUT2D eigenvalue weighted by Crippen LogP contribution is -2.06. The van der Waals surface area contributed by atoms with Crippen LogP contribution in [0.3, 0.4) is 0 Å². The molecule has 0 amide bonds. The molecule has 3 aromatic rings. The van der Waals surface area contributed by atoms with Crippen LogP contribution in [0, 0.1) is 0 Å². The van der Waals surface area contributed by atoms with Gasteiger partial charge in [0.2, 0.25) is 6.79 Å². The highest BCUT2D eigenvalue weighted by Gasteiger charge is 2.17. The normalized spacial score (nSPS) is 12.2. The van der Waals surface area contributed by atoms with E-state index in [4.69, 9.17) is 23.4 Å². The van der Waals surface area contributed by atoms with E-state index in [-0.39, 0.29) is 6.79 Å². The molecular formula is C19H17NO6. The first-order valence-corrected chi connectivity index (χ1v) is 8.00. The quantitative estimate of drug-likeness (QED) is 0.704. The van der Waals surface area contributed by atoms with Crippen molar-refractivity contribution in [3.8, 4) is 23.0 Å². The molecule has 26 heavy (non-hydrogen) atoms. The van der Waals surface area contributed by atoms with Crippen LogP contribution in [0.1, 0.15) is 5.56 Å². The zero-order valence-electron chi connectivity index (χ0n) is 14.3. The molecule has 7 heteroatoms. The molecule has 1 aliphatic rings. The van der Waals surface area contributed by atoms with Gasteiger partial charge in [0, 0.05) is 30.1 Å². The fourth-order valence-corrected chi connectivity index (χ4v) is 2.90. The van der Waals surface area contributed by atoms with E-state index in [0.717, 1.165) is 16.6 Å². The zero-order valence-corrected chi connectivity index (χ0v) is 14.3. The van der Waals surface area contributed by atoms with E-state index in [1.807, 2.05) is 18.2 Å². The lowest BCUT2D eigenvalue weighted by Gasteiger charge is -2.13. The van der Waals surface area contributed by atoms with E-state index in [0.29, 0.717) is 35.1 Å². The Morgan fingerprint density at radius 1 is 1.04 bits per heavy atom. The summed E-state index contributed by atoms with van der Waals surface area (Å²) >= 11 is 0. The number of anilines is 1. The number of fused-ring (bicyclic) bond motifs is 2. The Balaban J connectivity index is 1.68. The largest absolute Gasteiger partial charge is 0.497 e. The highest BCUT2D eigenvalue weighted by atomic mass is 16.7. The van der Waals surface area contributed by atoms with Gasteiger partial charge in [-0.2, -0.15) is 0 Å². The highest BCUT2D eigenvalue weighted by molar-refractivity contribution is 5.84. The van der Waals surface area contributed by atoms with Gasteiger partial charge in [-0.15, -0.1) is 0 Å². The van der Waals surface area contributed by atoms with Crippen LogP contribution in [-0.4, -0.2) is 21.0 Å². The predicted octanol–water partition coefficient (Wildman–Crippen LogP) is 3.15. The standard InChI is InChI=1S/C19H17NO6/c1-22-12-3-4-14(16(6-12)23-2)20-9-11-5-19(21)26-15-8-18-17(7-13(11)15)24-10-25-18/h3-8,20H,9-10H2,1-2H3. The maximum atomic E-state index is 11.9. The number of methoxy groups -OCH3 is 2. The first-order chi connectivity index (χ1) is 12.7. The first kappa shape index (κ1) is 16.1. The Morgan fingerprint density at radius 3 is 2.62 bits per heavy atom. The number of rotatable bonds is 5. The van der Waals surface area contributed by atoms with Crippen LogP contribution in [-0.2, 0) is 6.54 Å². The second kappa shape index (κ2) is 6.51. The van der Waals surface area contributed by atoms with Crippen LogP contribution >= 0.6 is 0 Å². The number of nitrogens with one attached hydrogen (secondary N) is 1. The van der Waals surface area contributed by atoms with Crippen LogP contribution in [0.5, 0.6) is 23.0 Å². The van der Waals surface area contributed by atoms with Gasteiger partial charge < -0.3 is 28.7 Å². The van der Waals surface area contributed by atoms with Crippen molar-refractivity contribution in [2.45, 2.75) is 6.54 Å². The first-order valence-electron chi connectivity index (χ1n) is 8.00. The average molecular weight is 355 g/mol.